The largest absolute Gasteiger partial charge is 0.480 e. The van der Waals surface area contributed by atoms with Crippen molar-refractivity contribution in [3.63, 3.8) is 0 Å². The number of carbonyl (C=O) groups is 4. The number of nitrogens with two attached hydrogens (primary N) is 3. The summed E-state index contributed by atoms with van der Waals surface area (Å²) in [7, 11) is 0. The maximum atomic E-state index is 13.1. The van der Waals surface area contributed by atoms with Gasteiger partial charge in [0.15, 0.2) is 5.96 Å². The molecule has 2 heterocycles. The molecule has 12 N–H and O–H groups in total. The van der Waals surface area contributed by atoms with Crippen LogP contribution in [0.4, 0.5) is 0 Å². The monoisotopic (exact) mass is 568 g/mol. The summed E-state index contributed by atoms with van der Waals surface area (Å²) in [4.78, 5) is 64.4. The minimum absolute atomic E-state index is 0.0312. The molecule has 0 aliphatic rings. The van der Waals surface area contributed by atoms with Gasteiger partial charge in [0, 0.05) is 48.4 Å². The normalized spacial score (nSPS) is 13.9. The molecule has 2 aromatic heterocycles. The van der Waals surface area contributed by atoms with Crippen LogP contribution in [-0.2, 0) is 32.0 Å². The van der Waals surface area contributed by atoms with Crippen molar-refractivity contribution in [2.75, 3.05) is 6.54 Å². The number of amides is 3. The molecule has 4 atom stereocenters. The summed E-state index contributed by atoms with van der Waals surface area (Å²) in [5, 5.41) is 18.2. The van der Waals surface area contributed by atoms with Crippen molar-refractivity contribution in [3.8, 4) is 0 Å². The van der Waals surface area contributed by atoms with Crippen molar-refractivity contribution < 1.29 is 24.3 Å². The van der Waals surface area contributed by atoms with Gasteiger partial charge in [-0.3, -0.25) is 19.4 Å². The Kier molecular flexibility index (Phi) is 10.8. The molecule has 15 heteroatoms. The molecule has 0 spiro atoms. The molecule has 0 bridgehead atoms. The van der Waals surface area contributed by atoms with E-state index in [1.54, 1.807) is 6.20 Å². The topological polar surface area (TPSA) is 259 Å². The van der Waals surface area contributed by atoms with Crippen LogP contribution in [0.15, 0.2) is 48.0 Å². The molecular formula is C26H36N10O5. The van der Waals surface area contributed by atoms with Gasteiger partial charge in [-0.05, 0) is 31.4 Å². The number of carboxylic acid groups (broad SMARTS) is 1. The third-order valence-electron chi connectivity index (χ3n) is 6.38. The number of para-hydroxylation sites is 1. The number of H-pyrrole nitrogens is 2. The predicted molar refractivity (Wildman–Crippen MR) is 151 cm³/mol. The smallest absolute Gasteiger partial charge is 0.326 e. The quantitative estimate of drug-likeness (QED) is 0.0593. The SMILES string of the molecule is CC(NC(=O)C(CCCN=C(N)N)NC(=O)C(N)Cc1cnc[nH]1)C(=O)NC(Cc1c[nH]c2ccccc12)C(=O)O. The molecule has 3 amide bonds. The minimum atomic E-state index is -1.24. The summed E-state index contributed by atoms with van der Waals surface area (Å²) in [5.74, 6) is -3.26. The van der Waals surface area contributed by atoms with Crippen LogP contribution >= 0.6 is 0 Å². The number of fused-ring (bicyclic) bond motifs is 1. The zero-order chi connectivity index (χ0) is 29.9. The lowest BCUT2D eigenvalue weighted by Crippen LogP contribution is -2.56. The Morgan fingerprint density at radius 3 is 2.41 bits per heavy atom. The van der Waals surface area contributed by atoms with Crippen LogP contribution in [-0.4, -0.2) is 80.4 Å². The number of nitrogens with one attached hydrogen (secondary N) is 5. The summed E-state index contributed by atoms with van der Waals surface area (Å²) < 4.78 is 0. The molecule has 0 fully saturated rings. The number of benzene rings is 1. The van der Waals surface area contributed by atoms with Crippen LogP contribution in [0.5, 0.6) is 0 Å². The third kappa shape index (κ3) is 9.06. The zero-order valence-corrected chi connectivity index (χ0v) is 22.6. The molecule has 3 aromatic rings. The number of rotatable bonds is 15. The molecule has 220 valence electrons. The average Bonchev–Trinajstić information content (AvgIpc) is 3.59. The molecule has 4 unspecified atom stereocenters. The maximum absolute atomic E-state index is 13.1. The highest BCUT2D eigenvalue weighted by molar-refractivity contribution is 5.94. The molecule has 0 saturated heterocycles. The Morgan fingerprint density at radius 1 is 1.00 bits per heavy atom. The van der Waals surface area contributed by atoms with Gasteiger partial charge < -0.3 is 48.2 Å². The molecule has 0 saturated carbocycles. The van der Waals surface area contributed by atoms with Gasteiger partial charge >= 0.3 is 5.97 Å². The van der Waals surface area contributed by atoms with E-state index in [0.29, 0.717) is 12.1 Å². The second-order valence-electron chi connectivity index (χ2n) is 9.59. The predicted octanol–water partition coefficient (Wildman–Crippen LogP) is -1.38. The lowest BCUT2D eigenvalue weighted by atomic mass is 10.0. The van der Waals surface area contributed by atoms with Gasteiger partial charge in [-0.2, -0.15) is 0 Å². The van der Waals surface area contributed by atoms with Crippen molar-refractivity contribution >= 4 is 40.6 Å². The highest BCUT2D eigenvalue weighted by Gasteiger charge is 2.29. The van der Waals surface area contributed by atoms with Crippen molar-refractivity contribution in [1.82, 2.24) is 30.9 Å². The fourth-order valence-electron chi connectivity index (χ4n) is 4.17. The number of hydrogen-bond acceptors (Lipinski definition) is 7. The third-order valence-corrected chi connectivity index (χ3v) is 6.38. The number of aromatic amines is 2. The number of aromatic nitrogens is 3. The standard InChI is InChI=1S/C26H36N10O5/c1-14(22(37)36-21(25(40)41)9-15-11-32-19-6-3-2-5-17(15)19)34-24(39)20(7-4-8-31-26(28)29)35-23(38)18(27)10-16-12-30-13-33-16/h2-3,5-6,11-14,18,20-21,32H,4,7-10,27H2,1H3,(H,30,33)(H,34,39)(H,35,38)(H,36,37)(H,40,41)(H4,28,29,31). The van der Waals surface area contributed by atoms with E-state index >= 15 is 0 Å². The molecular weight excluding hydrogens is 532 g/mol. The van der Waals surface area contributed by atoms with Crippen molar-refractivity contribution in [1.29, 1.82) is 0 Å². The maximum Gasteiger partial charge on any atom is 0.326 e. The van der Waals surface area contributed by atoms with Gasteiger partial charge in [-0.15, -0.1) is 0 Å². The lowest BCUT2D eigenvalue weighted by molar-refractivity contribution is -0.142. The van der Waals surface area contributed by atoms with Gasteiger partial charge in [-0.1, -0.05) is 18.2 Å². The van der Waals surface area contributed by atoms with E-state index in [-0.39, 0.29) is 31.8 Å². The summed E-state index contributed by atoms with van der Waals surface area (Å²) >= 11 is 0. The highest BCUT2D eigenvalue weighted by Crippen LogP contribution is 2.19. The number of imidazole rings is 1. The average molecular weight is 569 g/mol. The minimum Gasteiger partial charge on any atom is -0.480 e. The number of aliphatic carboxylic acids is 1. The summed E-state index contributed by atoms with van der Waals surface area (Å²) in [6.45, 7) is 1.63. The van der Waals surface area contributed by atoms with E-state index in [4.69, 9.17) is 17.2 Å². The number of hydrogen-bond donors (Lipinski definition) is 9. The van der Waals surface area contributed by atoms with Crippen molar-refractivity contribution in [3.05, 3.63) is 54.2 Å². The fraction of sp³-hybridized carbons (Fsp3) is 0.385. The van der Waals surface area contributed by atoms with E-state index < -0.39 is 47.9 Å². The molecule has 0 aliphatic heterocycles. The first-order chi connectivity index (χ1) is 19.5. The first-order valence-electron chi connectivity index (χ1n) is 13.0. The van der Waals surface area contributed by atoms with Gasteiger partial charge in [0.05, 0.1) is 12.4 Å². The molecule has 3 rings (SSSR count). The van der Waals surface area contributed by atoms with Gasteiger partial charge in [0.1, 0.15) is 18.1 Å². The number of nitrogens with zero attached hydrogens (tertiary/aromatic N) is 2. The van der Waals surface area contributed by atoms with Crippen LogP contribution in [0.2, 0.25) is 0 Å². The highest BCUT2D eigenvalue weighted by atomic mass is 16.4. The van der Waals surface area contributed by atoms with Crippen molar-refractivity contribution in [2.45, 2.75) is 56.8 Å². The lowest BCUT2D eigenvalue weighted by Gasteiger charge is -2.23. The van der Waals surface area contributed by atoms with Crippen LogP contribution in [0.1, 0.15) is 31.0 Å². The van der Waals surface area contributed by atoms with E-state index in [1.807, 2.05) is 24.3 Å². The van der Waals surface area contributed by atoms with Crippen LogP contribution in [0.25, 0.3) is 10.9 Å². The van der Waals surface area contributed by atoms with E-state index in [1.165, 1.54) is 19.4 Å². The molecule has 15 nitrogen and oxygen atoms in total. The molecule has 41 heavy (non-hydrogen) atoms. The molecule has 0 radical (unpaired) electrons. The summed E-state index contributed by atoms with van der Waals surface area (Å²) in [6.07, 6.45) is 5.39. The van der Waals surface area contributed by atoms with E-state index in [2.05, 4.69) is 35.9 Å². The number of carboxylic acids is 1. The second kappa shape index (κ2) is 14.5. The van der Waals surface area contributed by atoms with Crippen molar-refractivity contribution in [2.24, 2.45) is 22.2 Å². The number of aliphatic imine (C=N–C) groups is 1. The van der Waals surface area contributed by atoms with Crippen LogP contribution in [0.3, 0.4) is 0 Å². The van der Waals surface area contributed by atoms with Gasteiger partial charge in [0.2, 0.25) is 17.7 Å². The summed E-state index contributed by atoms with van der Waals surface area (Å²) in [5.41, 5.74) is 18.9. The van der Waals surface area contributed by atoms with Gasteiger partial charge in [0.25, 0.3) is 0 Å². The Morgan fingerprint density at radius 2 is 1.73 bits per heavy atom. The zero-order valence-electron chi connectivity index (χ0n) is 22.6. The number of guanidine groups is 1. The van der Waals surface area contributed by atoms with Crippen LogP contribution < -0.4 is 33.2 Å². The van der Waals surface area contributed by atoms with E-state index in [0.717, 1.165) is 16.5 Å². The molecule has 1 aromatic carbocycles. The second-order valence-corrected chi connectivity index (χ2v) is 9.59. The number of carbonyl (C=O) groups excluding carboxylic acids is 3. The van der Waals surface area contributed by atoms with Gasteiger partial charge in [-0.25, -0.2) is 9.78 Å². The molecule has 0 aliphatic carbocycles. The Hall–Kier alpha value is -4.92. The Balaban J connectivity index is 1.62. The Bertz CT molecular complexity index is 1370. The van der Waals surface area contributed by atoms with Crippen LogP contribution in [0, 0.1) is 0 Å². The Labute approximate surface area is 235 Å². The van der Waals surface area contributed by atoms with E-state index in [9.17, 15) is 24.3 Å². The summed E-state index contributed by atoms with van der Waals surface area (Å²) in [6, 6.07) is 3.04. The fourth-order valence-corrected chi connectivity index (χ4v) is 4.17. The first-order valence-corrected chi connectivity index (χ1v) is 13.0. The first kappa shape index (κ1) is 30.6.